The van der Waals surface area contributed by atoms with E-state index in [1.165, 1.54) is 12.1 Å². The number of aromatic hydroxyl groups is 2. The Morgan fingerprint density at radius 2 is 1.36 bits per heavy atom. The molecule has 0 spiro atoms. The standard InChI is InChI=1S/C17H20O4S/c1-9-6-10(2)17(19)16(7-9)22(20,21)15-8-14(18)12(4)11(3)13(15)5/h6-8,18-19H,1-5H3. The van der Waals surface area contributed by atoms with E-state index in [1.807, 2.05) is 0 Å². The predicted molar refractivity (Wildman–Crippen MR) is 85.4 cm³/mol. The molecule has 0 bridgehead atoms. The summed E-state index contributed by atoms with van der Waals surface area (Å²) < 4.78 is 25.8. The first kappa shape index (κ1) is 16.4. The lowest BCUT2D eigenvalue weighted by Crippen LogP contribution is -2.07. The summed E-state index contributed by atoms with van der Waals surface area (Å²) in [5.41, 5.74) is 3.21. The van der Waals surface area contributed by atoms with Gasteiger partial charge in [-0.05, 0) is 74.6 Å². The van der Waals surface area contributed by atoms with Crippen LogP contribution in [0.3, 0.4) is 0 Å². The molecule has 0 saturated heterocycles. The van der Waals surface area contributed by atoms with Crippen LogP contribution < -0.4 is 0 Å². The van der Waals surface area contributed by atoms with Crippen molar-refractivity contribution in [1.82, 2.24) is 0 Å². The van der Waals surface area contributed by atoms with Gasteiger partial charge in [-0.15, -0.1) is 0 Å². The summed E-state index contributed by atoms with van der Waals surface area (Å²) >= 11 is 0. The number of hydrogen-bond acceptors (Lipinski definition) is 4. The van der Waals surface area contributed by atoms with E-state index < -0.39 is 9.84 Å². The lowest BCUT2D eigenvalue weighted by atomic mass is 10.0. The van der Waals surface area contributed by atoms with Gasteiger partial charge in [-0.25, -0.2) is 8.42 Å². The Labute approximate surface area is 131 Å². The minimum atomic E-state index is -3.92. The molecule has 0 atom stereocenters. The molecule has 0 aromatic heterocycles. The van der Waals surface area contributed by atoms with Gasteiger partial charge in [0.1, 0.15) is 16.4 Å². The second-order valence-electron chi connectivity index (χ2n) is 5.70. The van der Waals surface area contributed by atoms with E-state index in [1.54, 1.807) is 40.7 Å². The van der Waals surface area contributed by atoms with Crippen LogP contribution in [0.1, 0.15) is 27.8 Å². The van der Waals surface area contributed by atoms with E-state index in [2.05, 4.69) is 0 Å². The molecule has 0 heterocycles. The van der Waals surface area contributed by atoms with Gasteiger partial charge in [0.15, 0.2) is 0 Å². The topological polar surface area (TPSA) is 74.6 Å². The van der Waals surface area contributed by atoms with Gasteiger partial charge in [0.2, 0.25) is 9.84 Å². The first-order valence-electron chi connectivity index (χ1n) is 6.92. The Balaban J connectivity index is 2.83. The Morgan fingerprint density at radius 1 is 0.773 bits per heavy atom. The van der Waals surface area contributed by atoms with Crippen molar-refractivity contribution < 1.29 is 18.6 Å². The molecule has 2 rings (SSSR count). The van der Waals surface area contributed by atoms with Gasteiger partial charge < -0.3 is 10.2 Å². The Morgan fingerprint density at radius 3 is 1.95 bits per heavy atom. The fourth-order valence-corrected chi connectivity index (χ4v) is 4.34. The lowest BCUT2D eigenvalue weighted by molar-refractivity contribution is 0.453. The quantitative estimate of drug-likeness (QED) is 0.888. The molecule has 0 amide bonds. The third-order valence-corrected chi connectivity index (χ3v) is 6.03. The molecular formula is C17H20O4S. The molecule has 22 heavy (non-hydrogen) atoms. The van der Waals surface area contributed by atoms with Gasteiger partial charge in [-0.3, -0.25) is 0 Å². The van der Waals surface area contributed by atoms with Crippen molar-refractivity contribution in [2.24, 2.45) is 0 Å². The highest BCUT2D eigenvalue weighted by Gasteiger charge is 2.26. The maximum atomic E-state index is 12.9. The third-order valence-electron chi connectivity index (χ3n) is 4.14. The van der Waals surface area contributed by atoms with Crippen LogP contribution in [0.25, 0.3) is 0 Å². The van der Waals surface area contributed by atoms with Crippen molar-refractivity contribution in [1.29, 1.82) is 0 Å². The second-order valence-corrected chi connectivity index (χ2v) is 7.59. The zero-order valence-corrected chi connectivity index (χ0v) is 14.2. The number of benzene rings is 2. The molecule has 0 aliphatic rings. The molecule has 2 aromatic carbocycles. The van der Waals surface area contributed by atoms with Gasteiger partial charge in [0, 0.05) is 0 Å². The van der Waals surface area contributed by atoms with Gasteiger partial charge in [-0.1, -0.05) is 6.07 Å². The van der Waals surface area contributed by atoms with Crippen LogP contribution >= 0.6 is 0 Å². The summed E-state index contributed by atoms with van der Waals surface area (Å²) in [5, 5.41) is 20.1. The molecule has 5 heteroatoms. The van der Waals surface area contributed by atoms with Crippen LogP contribution in [-0.2, 0) is 9.84 Å². The fraction of sp³-hybridized carbons (Fsp3) is 0.294. The zero-order valence-electron chi connectivity index (χ0n) is 13.4. The number of phenolic OH excluding ortho intramolecular Hbond substituents is 2. The van der Waals surface area contributed by atoms with E-state index in [0.29, 0.717) is 16.7 Å². The average molecular weight is 320 g/mol. The molecule has 0 unspecified atom stereocenters. The maximum Gasteiger partial charge on any atom is 0.210 e. The lowest BCUT2D eigenvalue weighted by Gasteiger charge is -2.15. The number of sulfone groups is 1. The summed E-state index contributed by atoms with van der Waals surface area (Å²) in [6, 6.07) is 4.42. The van der Waals surface area contributed by atoms with Crippen molar-refractivity contribution in [2.45, 2.75) is 44.4 Å². The van der Waals surface area contributed by atoms with Crippen molar-refractivity contribution in [2.75, 3.05) is 0 Å². The molecule has 2 N–H and O–H groups in total. The fourth-order valence-electron chi connectivity index (χ4n) is 2.52. The summed E-state index contributed by atoms with van der Waals surface area (Å²) in [5.74, 6) is -0.312. The molecule has 0 radical (unpaired) electrons. The third kappa shape index (κ3) is 2.46. The van der Waals surface area contributed by atoms with E-state index in [0.717, 1.165) is 11.1 Å². The van der Waals surface area contributed by atoms with Crippen LogP contribution in [0.5, 0.6) is 11.5 Å². The molecule has 0 fully saturated rings. The molecular weight excluding hydrogens is 300 g/mol. The van der Waals surface area contributed by atoms with Crippen LogP contribution in [0, 0.1) is 34.6 Å². The largest absolute Gasteiger partial charge is 0.508 e. The van der Waals surface area contributed by atoms with E-state index in [9.17, 15) is 18.6 Å². The van der Waals surface area contributed by atoms with E-state index in [-0.39, 0.29) is 21.3 Å². The van der Waals surface area contributed by atoms with Gasteiger partial charge in [0.25, 0.3) is 0 Å². The van der Waals surface area contributed by atoms with Crippen LogP contribution in [0.2, 0.25) is 0 Å². The molecule has 0 aliphatic carbocycles. The molecule has 118 valence electrons. The van der Waals surface area contributed by atoms with Crippen LogP contribution in [0.4, 0.5) is 0 Å². The smallest absolute Gasteiger partial charge is 0.210 e. The average Bonchev–Trinajstić information content (AvgIpc) is 2.44. The van der Waals surface area contributed by atoms with Crippen molar-refractivity contribution in [3.05, 3.63) is 46.0 Å². The molecule has 2 aromatic rings. The second kappa shape index (κ2) is 5.32. The highest BCUT2D eigenvalue weighted by molar-refractivity contribution is 7.91. The number of hydrogen-bond donors (Lipinski definition) is 2. The van der Waals surface area contributed by atoms with Gasteiger partial charge >= 0.3 is 0 Å². The van der Waals surface area contributed by atoms with E-state index in [4.69, 9.17) is 0 Å². The number of rotatable bonds is 2. The van der Waals surface area contributed by atoms with Crippen molar-refractivity contribution in [3.63, 3.8) is 0 Å². The predicted octanol–water partition coefficient (Wildman–Crippen LogP) is 3.47. The zero-order chi connectivity index (χ0) is 16.8. The van der Waals surface area contributed by atoms with Crippen molar-refractivity contribution in [3.8, 4) is 11.5 Å². The summed E-state index contributed by atoms with van der Waals surface area (Å²) in [7, 11) is -3.92. The Hall–Kier alpha value is -2.01. The maximum absolute atomic E-state index is 12.9. The first-order valence-corrected chi connectivity index (χ1v) is 8.40. The van der Waals surface area contributed by atoms with Crippen LogP contribution in [0.15, 0.2) is 28.0 Å². The minimum Gasteiger partial charge on any atom is -0.508 e. The molecule has 0 saturated carbocycles. The summed E-state index contributed by atoms with van der Waals surface area (Å²) in [6.45, 7) is 8.64. The Bertz CT molecular complexity index is 865. The summed E-state index contributed by atoms with van der Waals surface area (Å²) in [4.78, 5) is -0.107. The molecule has 4 nitrogen and oxygen atoms in total. The highest BCUT2D eigenvalue weighted by Crippen LogP contribution is 2.37. The SMILES string of the molecule is Cc1cc(C)c(O)c(S(=O)(=O)c2cc(O)c(C)c(C)c2C)c1. The molecule has 0 aliphatic heterocycles. The highest BCUT2D eigenvalue weighted by atomic mass is 32.2. The van der Waals surface area contributed by atoms with Gasteiger partial charge in [0.05, 0.1) is 4.90 Å². The Kier molecular flexibility index (Phi) is 3.96. The first-order chi connectivity index (χ1) is 10.1. The van der Waals surface area contributed by atoms with Gasteiger partial charge in [-0.2, -0.15) is 0 Å². The van der Waals surface area contributed by atoms with Crippen molar-refractivity contribution >= 4 is 9.84 Å². The van der Waals surface area contributed by atoms with Crippen LogP contribution in [-0.4, -0.2) is 18.6 Å². The van der Waals surface area contributed by atoms with E-state index >= 15 is 0 Å². The normalized spacial score (nSPS) is 11.7. The monoisotopic (exact) mass is 320 g/mol. The number of phenols is 2. The summed E-state index contributed by atoms with van der Waals surface area (Å²) in [6.07, 6.45) is 0. The minimum absolute atomic E-state index is 0.0217. The number of aryl methyl sites for hydroxylation is 2.